The van der Waals surface area contributed by atoms with E-state index in [1.165, 1.54) is 12.8 Å². The number of nitrogens with one attached hydrogen (secondary N) is 1. The Bertz CT molecular complexity index is 1490. The third kappa shape index (κ3) is 3.38. The van der Waals surface area contributed by atoms with Gasteiger partial charge in [-0.2, -0.15) is 15.2 Å². The van der Waals surface area contributed by atoms with E-state index < -0.39 is 5.91 Å². The number of piperidine rings is 1. The Balaban J connectivity index is 1.42. The number of rotatable bonds is 3. The van der Waals surface area contributed by atoms with Crippen LogP contribution in [0.1, 0.15) is 42.6 Å². The van der Waals surface area contributed by atoms with Gasteiger partial charge in [0, 0.05) is 31.7 Å². The molecule has 1 aromatic carbocycles. The Labute approximate surface area is 211 Å². The van der Waals surface area contributed by atoms with E-state index in [-0.39, 0.29) is 17.2 Å². The summed E-state index contributed by atoms with van der Waals surface area (Å²) in [5.41, 5.74) is 14.6. The molecule has 1 saturated carbocycles. The van der Waals surface area contributed by atoms with E-state index in [0.29, 0.717) is 49.3 Å². The van der Waals surface area contributed by atoms with Crippen molar-refractivity contribution in [1.29, 1.82) is 0 Å². The summed E-state index contributed by atoms with van der Waals surface area (Å²) in [6.45, 7) is 1.56. The number of amides is 1. The van der Waals surface area contributed by atoms with Gasteiger partial charge in [-0.05, 0) is 43.2 Å². The molecule has 35 heavy (non-hydrogen) atoms. The molecule has 1 saturated heterocycles. The summed E-state index contributed by atoms with van der Waals surface area (Å²) in [6.07, 6.45) is 5.41. The average Bonchev–Trinajstić information content (AvgIpc) is 3.50. The van der Waals surface area contributed by atoms with Crippen molar-refractivity contribution in [2.75, 3.05) is 18.0 Å². The first kappa shape index (κ1) is 22.5. The highest BCUT2D eigenvalue weighted by Gasteiger charge is 2.43. The molecule has 10 nitrogen and oxygen atoms in total. The van der Waals surface area contributed by atoms with Crippen molar-refractivity contribution in [2.45, 2.75) is 38.1 Å². The van der Waals surface area contributed by atoms with Gasteiger partial charge in [-0.1, -0.05) is 29.6 Å². The molecule has 4 aromatic rings. The van der Waals surface area contributed by atoms with Crippen LogP contribution in [0.5, 0.6) is 0 Å². The third-order valence-electron chi connectivity index (χ3n) is 7.78. The number of halogens is 2. The number of anilines is 1. The summed E-state index contributed by atoms with van der Waals surface area (Å²) in [5.74, 6) is -0.205. The number of carbonyl (C=O) groups is 1. The molecule has 1 spiro atoms. The Morgan fingerprint density at radius 2 is 1.94 bits per heavy atom. The second-order valence-corrected chi connectivity index (χ2v) is 10.4. The zero-order valence-corrected chi connectivity index (χ0v) is 20.7. The number of aromatic amines is 1. The van der Waals surface area contributed by atoms with Crippen LogP contribution in [-0.2, 0) is 7.05 Å². The van der Waals surface area contributed by atoms with Gasteiger partial charge in [0.05, 0.1) is 21.3 Å². The number of nitrogens with zero attached hydrogens (tertiary/aromatic N) is 6. The van der Waals surface area contributed by atoms with Gasteiger partial charge in [0.15, 0.2) is 5.65 Å². The van der Waals surface area contributed by atoms with Crippen molar-refractivity contribution in [3.8, 4) is 11.3 Å². The molecule has 1 atom stereocenters. The van der Waals surface area contributed by atoms with Gasteiger partial charge in [0.1, 0.15) is 16.5 Å². The number of fused-ring (bicyclic) bond motifs is 2. The fourth-order valence-electron chi connectivity index (χ4n) is 5.77. The van der Waals surface area contributed by atoms with Gasteiger partial charge in [-0.15, -0.1) is 0 Å². The highest BCUT2D eigenvalue weighted by Crippen LogP contribution is 2.46. The molecule has 4 heterocycles. The predicted molar refractivity (Wildman–Crippen MR) is 136 cm³/mol. The van der Waals surface area contributed by atoms with Gasteiger partial charge in [0.2, 0.25) is 5.95 Å². The summed E-state index contributed by atoms with van der Waals surface area (Å²) in [7, 11) is 1.74. The number of carbonyl (C=O) groups excluding carboxylic acids is 1. The lowest BCUT2D eigenvalue weighted by Crippen LogP contribution is -2.47. The van der Waals surface area contributed by atoms with Crippen LogP contribution in [0.15, 0.2) is 12.1 Å². The SMILES string of the molecule is Cn1nc2ccc(-c3n[nH]c4nc(N5CCC6(CCC[C@H]6N)CC5)nc(C(N)=O)c34)c(Cl)c2c1Cl. The van der Waals surface area contributed by atoms with Gasteiger partial charge >= 0.3 is 0 Å². The monoisotopic (exact) mass is 513 g/mol. The molecule has 1 aliphatic carbocycles. The lowest BCUT2D eigenvalue weighted by atomic mass is 9.74. The first-order valence-corrected chi connectivity index (χ1v) is 12.4. The Morgan fingerprint density at radius 1 is 1.17 bits per heavy atom. The Kier molecular flexibility index (Phi) is 5.17. The Morgan fingerprint density at radius 3 is 2.63 bits per heavy atom. The minimum atomic E-state index is -0.663. The van der Waals surface area contributed by atoms with Crippen molar-refractivity contribution in [3.05, 3.63) is 28.0 Å². The minimum absolute atomic E-state index is 0.0973. The van der Waals surface area contributed by atoms with Gasteiger partial charge in [0.25, 0.3) is 5.91 Å². The summed E-state index contributed by atoms with van der Waals surface area (Å²) in [4.78, 5) is 23.9. The molecular weight excluding hydrogens is 489 g/mol. The van der Waals surface area contributed by atoms with E-state index in [0.717, 1.165) is 32.4 Å². The van der Waals surface area contributed by atoms with Crippen LogP contribution in [0.2, 0.25) is 10.2 Å². The lowest BCUT2D eigenvalue weighted by molar-refractivity contribution is 0.0997. The molecule has 5 N–H and O–H groups in total. The maximum atomic E-state index is 12.5. The molecule has 12 heteroatoms. The fraction of sp³-hybridized carbons (Fsp3) is 0.435. The van der Waals surface area contributed by atoms with Crippen LogP contribution in [0.3, 0.4) is 0 Å². The van der Waals surface area contributed by atoms with E-state index >= 15 is 0 Å². The van der Waals surface area contributed by atoms with Crippen LogP contribution in [0, 0.1) is 5.41 Å². The largest absolute Gasteiger partial charge is 0.364 e. The second-order valence-electron chi connectivity index (χ2n) is 9.62. The number of nitrogens with two attached hydrogens (primary N) is 2. The summed E-state index contributed by atoms with van der Waals surface area (Å²) < 4.78 is 1.55. The van der Waals surface area contributed by atoms with Crippen LogP contribution in [0.4, 0.5) is 5.95 Å². The number of benzene rings is 1. The molecule has 0 radical (unpaired) electrons. The van der Waals surface area contributed by atoms with Crippen molar-refractivity contribution >= 4 is 57.0 Å². The molecule has 0 unspecified atom stereocenters. The highest BCUT2D eigenvalue weighted by molar-refractivity contribution is 6.43. The van der Waals surface area contributed by atoms with E-state index in [1.807, 2.05) is 0 Å². The zero-order valence-electron chi connectivity index (χ0n) is 19.2. The molecule has 3 aromatic heterocycles. The molecule has 6 rings (SSSR count). The molecule has 0 bridgehead atoms. The van der Waals surface area contributed by atoms with Crippen LogP contribution in [-0.4, -0.2) is 55.0 Å². The highest BCUT2D eigenvalue weighted by atomic mass is 35.5. The van der Waals surface area contributed by atoms with Crippen LogP contribution < -0.4 is 16.4 Å². The summed E-state index contributed by atoms with van der Waals surface area (Å²) >= 11 is 13.2. The van der Waals surface area contributed by atoms with Gasteiger partial charge < -0.3 is 16.4 Å². The number of hydrogen-bond acceptors (Lipinski definition) is 7. The number of aromatic nitrogens is 6. The normalized spacial score (nSPS) is 19.9. The molecule has 182 valence electrons. The standard InChI is InChI=1S/C23H25Cl2N9O/c1-33-19(25)14-12(32-33)5-4-11(16(14)24)17-15-18(20(27)35)28-22(29-21(15)31-30-17)34-9-7-23(8-10-34)6-2-3-13(23)26/h4-5,13H,2-3,6-10,26H2,1H3,(H2,27,35)(H,28,29,30,31)/t13-/m1/s1. The maximum absolute atomic E-state index is 12.5. The van der Waals surface area contributed by atoms with E-state index in [2.05, 4.69) is 25.2 Å². The summed E-state index contributed by atoms with van der Waals surface area (Å²) in [6, 6.07) is 3.84. The molecular formula is C23H25Cl2N9O. The maximum Gasteiger partial charge on any atom is 0.268 e. The van der Waals surface area contributed by atoms with Crippen molar-refractivity contribution in [3.63, 3.8) is 0 Å². The number of aryl methyl sites for hydroxylation is 1. The molecule has 2 aliphatic rings. The quantitative estimate of drug-likeness (QED) is 0.380. The molecule has 1 amide bonds. The predicted octanol–water partition coefficient (Wildman–Crippen LogP) is 3.41. The number of hydrogen-bond donors (Lipinski definition) is 3. The van der Waals surface area contributed by atoms with Crippen molar-refractivity contribution < 1.29 is 4.79 Å². The lowest BCUT2D eigenvalue weighted by Gasteiger charge is -2.42. The van der Waals surface area contributed by atoms with Crippen LogP contribution in [0.25, 0.3) is 33.2 Å². The van der Waals surface area contributed by atoms with Gasteiger partial charge in [-0.25, -0.2) is 4.98 Å². The second kappa shape index (κ2) is 8.04. The Hall–Kier alpha value is -2.95. The fourth-order valence-corrected chi connectivity index (χ4v) is 6.38. The van der Waals surface area contributed by atoms with E-state index in [4.69, 9.17) is 39.7 Å². The minimum Gasteiger partial charge on any atom is -0.364 e. The average molecular weight is 514 g/mol. The van der Waals surface area contributed by atoms with Crippen LogP contribution >= 0.6 is 23.2 Å². The van der Waals surface area contributed by atoms with Crippen molar-refractivity contribution in [2.24, 2.45) is 23.9 Å². The topological polar surface area (TPSA) is 145 Å². The van der Waals surface area contributed by atoms with Crippen molar-refractivity contribution in [1.82, 2.24) is 29.9 Å². The first-order valence-electron chi connectivity index (χ1n) is 11.7. The van der Waals surface area contributed by atoms with E-state index in [9.17, 15) is 4.79 Å². The summed E-state index contributed by atoms with van der Waals surface area (Å²) in [5, 5.41) is 13.6. The number of primary amides is 1. The number of H-pyrrole nitrogens is 1. The smallest absolute Gasteiger partial charge is 0.268 e. The molecule has 1 aliphatic heterocycles. The first-order chi connectivity index (χ1) is 16.8. The van der Waals surface area contributed by atoms with Gasteiger partial charge in [-0.3, -0.25) is 14.6 Å². The zero-order chi connectivity index (χ0) is 24.5. The molecule has 2 fully saturated rings. The van der Waals surface area contributed by atoms with E-state index in [1.54, 1.807) is 23.9 Å². The third-order valence-corrected chi connectivity index (χ3v) is 8.61.